The van der Waals surface area contributed by atoms with Crippen LogP contribution in [0.1, 0.15) is 65.7 Å². The molecule has 252 valence electrons. The third kappa shape index (κ3) is 6.21. The average molecular weight is 655 g/mol. The van der Waals surface area contributed by atoms with Crippen LogP contribution in [-0.4, -0.2) is 76.7 Å². The molecule has 0 aromatic heterocycles. The quantitative estimate of drug-likeness (QED) is 0.153. The maximum Gasteiger partial charge on any atom is 0.330 e. The van der Waals surface area contributed by atoms with Gasteiger partial charge in [-0.05, 0) is 56.0 Å². The van der Waals surface area contributed by atoms with Gasteiger partial charge in [0.25, 0.3) is 0 Å². The van der Waals surface area contributed by atoms with E-state index in [0.717, 1.165) is 24.0 Å². The van der Waals surface area contributed by atoms with E-state index in [-0.39, 0.29) is 18.3 Å². The lowest BCUT2D eigenvalue weighted by Crippen LogP contribution is -2.69. The largest absolute Gasteiger partial charge is 0.468 e. The van der Waals surface area contributed by atoms with Gasteiger partial charge in [-0.25, -0.2) is 4.79 Å². The van der Waals surface area contributed by atoms with Gasteiger partial charge in [-0.2, -0.15) is 0 Å². The van der Waals surface area contributed by atoms with Crippen LogP contribution in [0.2, 0.25) is 18.1 Å². The molecule has 1 saturated carbocycles. The fourth-order valence-electron chi connectivity index (χ4n) is 7.36. The first-order valence-corrected chi connectivity index (χ1v) is 19.2. The summed E-state index contributed by atoms with van der Waals surface area (Å²) in [5, 5.41) is 12.0. The number of aliphatic hydroxyl groups excluding tert-OH is 1. The molecule has 0 amide bonds. The molecule has 9 nitrogen and oxygen atoms in total. The molecular weight excluding hydrogens is 604 g/mol. The summed E-state index contributed by atoms with van der Waals surface area (Å²) in [7, 11) is -0.470. The SMILES string of the molecule is COC(=O)[C@]12CO[C@@H]([C@H](O)C(C)=C=C(C)CCCO[Si](C)(C)C(C)(C)C)[C@@H]1[C@@]1(C=CC(=O)OC1)[C@@H]1C[C@H]2O[C@H](c2ccccc2)O1. The Hall–Kier alpha value is -2.56. The lowest BCUT2D eigenvalue weighted by molar-refractivity contribution is -0.328. The molecule has 1 spiro atoms. The highest BCUT2D eigenvalue weighted by Gasteiger charge is 2.74. The average Bonchev–Trinajstić information content (AvgIpc) is 3.45. The Balaban J connectivity index is 1.46. The van der Waals surface area contributed by atoms with Crippen molar-refractivity contribution >= 4 is 20.3 Å². The number of hydrogen-bond acceptors (Lipinski definition) is 9. The number of hydrogen-bond donors (Lipinski definition) is 1. The van der Waals surface area contributed by atoms with Gasteiger partial charge in [0.15, 0.2) is 14.6 Å². The van der Waals surface area contributed by atoms with Gasteiger partial charge in [0.05, 0.1) is 37.4 Å². The van der Waals surface area contributed by atoms with Gasteiger partial charge in [-0.1, -0.05) is 57.2 Å². The van der Waals surface area contributed by atoms with Crippen LogP contribution in [0.25, 0.3) is 0 Å². The second-order valence-corrected chi connectivity index (χ2v) is 19.6. The van der Waals surface area contributed by atoms with Gasteiger partial charge in [0, 0.05) is 30.6 Å². The van der Waals surface area contributed by atoms with Crippen molar-refractivity contribution in [3.63, 3.8) is 0 Å². The zero-order valence-corrected chi connectivity index (χ0v) is 29.5. The van der Waals surface area contributed by atoms with Crippen LogP contribution in [-0.2, 0) is 37.7 Å². The number of rotatable bonds is 9. The van der Waals surface area contributed by atoms with E-state index in [1.807, 2.05) is 44.2 Å². The van der Waals surface area contributed by atoms with Gasteiger partial charge in [0.1, 0.15) is 18.1 Å². The highest BCUT2D eigenvalue weighted by Crippen LogP contribution is 2.64. The van der Waals surface area contributed by atoms with Crippen molar-refractivity contribution in [3.05, 3.63) is 64.9 Å². The first kappa shape index (κ1) is 34.8. The lowest BCUT2D eigenvalue weighted by atomic mass is 9.50. The van der Waals surface area contributed by atoms with E-state index < -0.39 is 67.7 Å². The van der Waals surface area contributed by atoms with Gasteiger partial charge >= 0.3 is 11.9 Å². The molecule has 2 bridgehead atoms. The van der Waals surface area contributed by atoms with Crippen molar-refractivity contribution in [2.75, 3.05) is 26.9 Å². The molecule has 8 atom stereocenters. The molecule has 3 fully saturated rings. The molecule has 3 aliphatic heterocycles. The summed E-state index contributed by atoms with van der Waals surface area (Å²) < 4.78 is 37.0. The predicted molar refractivity (Wildman–Crippen MR) is 174 cm³/mol. The van der Waals surface area contributed by atoms with Crippen molar-refractivity contribution < 1.29 is 42.8 Å². The highest BCUT2D eigenvalue weighted by molar-refractivity contribution is 6.74. The molecule has 1 N–H and O–H groups in total. The van der Waals surface area contributed by atoms with Crippen LogP contribution in [0.5, 0.6) is 0 Å². The molecule has 2 saturated heterocycles. The summed E-state index contributed by atoms with van der Waals surface area (Å²) in [5.74, 6) is -1.63. The summed E-state index contributed by atoms with van der Waals surface area (Å²) in [6.45, 7) is 15.6. The molecule has 1 aromatic carbocycles. The number of esters is 2. The Morgan fingerprint density at radius 2 is 1.83 bits per heavy atom. The maximum absolute atomic E-state index is 13.9. The van der Waals surface area contributed by atoms with Crippen molar-refractivity contribution in [1.29, 1.82) is 0 Å². The summed E-state index contributed by atoms with van der Waals surface area (Å²) >= 11 is 0. The first-order chi connectivity index (χ1) is 21.7. The fraction of sp³-hybridized carbons (Fsp3) is 0.639. The number of ether oxygens (including phenoxy) is 5. The van der Waals surface area contributed by atoms with Crippen molar-refractivity contribution in [3.8, 4) is 0 Å². The standard InChI is InChI=1S/C36H50O9Si/c1-23(13-12-18-43-46(7,8)34(3,4)5)19-24(2)29(38)30-31-35(17-16-28(37)41-21-35)26-20-27(36(31,22-42-30)33(39)40-6)45-32(44-26)25-14-10-9-11-15-25/h9-11,14-17,26-27,29-32,38H,12-13,18,20-22H2,1-8H3/t19?,26-,27+,29+,30-,31+,32+,35+,36-/m0/s1. The Morgan fingerprint density at radius 3 is 2.46 bits per heavy atom. The Kier molecular flexibility index (Phi) is 9.94. The zero-order chi connectivity index (χ0) is 33.5. The van der Waals surface area contributed by atoms with Crippen LogP contribution in [0.15, 0.2) is 59.4 Å². The Bertz CT molecular complexity index is 1390. The molecule has 0 unspecified atom stereocenters. The van der Waals surface area contributed by atoms with Crippen LogP contribution in [0.3, 0.4) is 0 Å². The smallest absolute Gasteiger partial charge is 0.330 e. The minimum absolute atomic E-state index is 0.0186. The van der Waals surface area contributed by atoms with Crippen molar-refractivity contribution in [2.45, 2.75) is 103 Å². The van der Waals surface area contributed by atoms with Crippen molar-refractivity contribution in [2.24, 2.45) is 16.7 Å². The summed E-state index contributed by atoms with van der Waals surface area (Å²) in [4.78, 5) is 26.2. The minimum atomic E-state index is -1.82. The van der Waals surface area contributed by atoms with E-state index in [2.05, 4.69) is 39.6 Å². The molecular formula is C36H50O9Si. The van der Waals surface area contributed by atoms with Gasteiger partial charge in [-0.15, -0.1) is 5.73 Å². The van der Waals surface area contributed by atoms with E-state index in [1.165, 1.54) is 13.2 Å². The third-order valence-electron chi connectivity index (χ3n) is 10.9. The van der Waals surface area contributed by atoms with E-state index in [9.17, 15) is 14.7 Å². The number of carbonyl (C=O) groups excluding carboxylic acids is 2. The number of aliphatic hydroxyl groups is 1. The molecule has 3 heterocycles. The van der Waals surface area contributed by atoms with Gasteiger partial charge < -0.3 is 33.2 Å². The van der Waals surface area contributed by atoms with Crippen molar-refractivity contribution in [1.82, 2.24) is 0 Å². The minimum Gasteiger partial charge on any atom is -0.468 e. The van der Waals surface area contributed by atoms with Crippen LogP contribution < -0.4 is 0 Å². The highest BCUT2D eigenvalue weighted by atomic mass is 28.4. The normalized spacial score (nSPS) is 32.7. The van der Waals surface area contributed by atoms with Crippen LogP contribution in [0, 0.1) is 16.7 Å². The summed E-state index contributed by atoms with van der Waals surface area (Å²) in [6.07, 6.45) is 1.40. The van der Waals surface area contributed by atoms with E-state index in [4.69, 9.17) is 28.1 Å². The van der Waals surface area contributed by atoms with Gasteiger partial charge in [0.2, 0.25) is 0 Å². The maximum atomic E-state index is 13.9. The summed E-state index contributed by atoms with van der Waals surface area (Å²) in [6, 6.07) is 9.55. The monoisotopic (exact) mass is 654 g/mol. The van der Waals surface area contributed by atoms with E-state index >= 15 is 0 Å². The number of methoxy groups -OCH3 is 1. The molecule has 0 radical (unpaired) electrons. The third-order valence-corrected chi connectivity index (χ3v) is 15.5. The summed E-state index contributed by atoms with van der Waals surface area (Å²) in [5.41, 5.74) is 3.54. The van der Waals surface area contributed by atoms with Gasteiger partial charge in [-0.3, -0.25) is 4.79 Å². The Labute approximate surface area is 274 Å². The molecule has 4 aliphatic rings. The molecule has 1 aromatic rings. The fourth-order valence-corrected chi connectivity index (χ4v) is 8.45. The topological polar surface area (TPSA) is 110 Å². The molecule has 10 heteroatoms. The van der Waals surface area contributed by atoms with E-state index in [1.54, 1.807) is 6.08 Å². The number of carbonyl (C=O) groups is 2. The predicted octanol–water partition coefficient (Wildman–Crippen LogP) is 5.80. The van der Waals surface area contributed by atoms with Crippen LogP contribution in [0.4, 0.5) is 0 Å². The first-order valence-electron chi connectivity index (χ1n) is 16.3. The number of benzene rings is 1. The molecule has 5 rings (SSSR count). The Morgan fingerprint density at radius 1 is 1.13 bits per heavy atom. The second-order valence-electron chi connectivity index (χ2n) is 14.8. The lowest BCUT2D eigenvalue weighted by Gasteiger charge is -2.59. The molecule has 1 aliphatic carbocycles. The number of cyclic esters (lactones) is 1. The second kappa shape index (κ2) is 13.2. The molecule has 46 heavy (non-hydrogen) atoms. The van der Waals surface area contributed by atoms with Crippen LogP contribution >= 0.6 is 0 Å². The zero-order valence-electron chi connectivity index (χ0n) is 28.5. The number of fused-ring (bicyclic) bond motifs is 6. The van der Waals surface area contributed by atoms with E-state index in [0.29, 0.717) is 18.6 Å².